The number of benzene rings is 1. The number of hydrogen-bond acceptors (Lipinski definition) is 0. The third-order valence-electron chi connectivity index (χ3n) is 1.39. The van der Waals surface area contributed by atoms with Crippen LogP contribution in [0.2, 0.25) is 0 Å². The topological polar surface area (TPSA) is 0 Å². The molecule has 0 bridgehead atoms. The molecule has 1 aromatic rings. The van der Waals surface area contributed by atoms with Gasteiger partial charge in [-0.1, -0.05) is 54.6 Å². The van der Waals surface area contributed by atoms with Crippen LogP contribution in [0.1, 0.15) is 12.5 Å². The summed E-state index contributed by atoms with van der Waals surface area (Å²) in [5.74, 6) is 0. The third kappa shape index (κ3) is 2.85. The summed E-state index contributed by atoms with van der Waals surface area (Å²) in [7, 11) is 0. The molecule has 0 saturated carbocycles. The van der Waals surface area contributed by atoms with Crippen LogP contribution in [0.5, 0.6) is 0 Å². The van der Waals surface area contributed by atoms with Gasteiger partial charge < -0.3 is 0 Å². The molecule has 1 aromatic carbocycles. The first kappa shape index (κ1) is 7.80. The Morgan fingerprint density at radius 1 is 1.00 bits per heavy atom. The van der Waals surface area contributed by atoms with Crippen LogP contribution in [0.25, 0.3) is 6.08 Å². The van der Waals surface area contributed by atoms with Gasteiger partial charge in [0.2, 0.25) is 0 Å². The number of hydrogen-bond donors (Lipinski definition) is 0. The zero-order valence-electron chi connectivity index (χ0n) is 6.70. The molecule has 56 valence electrons. The van der Waals surface area contributed by atoms with E-state index in [0.29, 0.717) is 0 Å². The molecule has 11 heavy (non-hydrogen) atoms. The standard InChI is InChI=1S/C11H12/c1-2-3-5-8-11-9-6-4-7-10-11/h2-10H,1H3. The van der Waals surface area contributed by atoms with E-state index in [-0.39, 0.29) is 0 Å². The predicted molar refractivity (Wildman–Crippen MR) is 50.3 cm³/mol. The van der Waals surface area contributed by atoms with Crippen LogP contribution >= 0.6 is 0 Å². The van der Waals surface area contributed by atoms with Gasteiger partial charge >= 0.3 is 0 Å². The van der Waals surface area contributed by atoms with E-state index in [2.05, 4.69) is 18.2 Å². The van der Waals surface area contributed by atoms with E-state index in [9.17, 15) is 0 Å². The third-order valence-corrected chi connectivity index (χ3v) is 1.39. The molecule has 0 aliphatic heterocycles. The van der Waals surface area contributed by atoms with Gasteiger partial charge in [0.1, 0.15) is 0 Å². The molecule has 0 spiro atoms. The molecule has 0 saturated heterocycles. The SMILES string of the molecule is CC=CC=Cc1ccccc1. The minimum Gasteiger partial charge on any atom is -0.0877 e. The van der Waals surface area contributed by atoms with Crippen LogP contribution in [-0.4, -0.2) is 0 Å². The molecule has 0 aliphatic rings. The minimum atomic E-state index is 1.24. The van der Waals surface area contributed by atoms with Crippen LogP contribution in [0.15, 0.2) is 48.6 Å². The molecule has 0 atom stereocenters. The van der Waals surface area contributed by atoms with Crippen molar-refractivity contribution >= 4 is 6.08 Å². The molecular weight excluding hydrogens is 132 g/mol. The highest BCUT2D eigenvalue weighted by Gasteiger charge is 1.78. The van der Waals surface area contributed by atoms with Crippen molar-refractivity contribution in [2.45, 2.75) is 6.92 Å². The van der Waals surface area contributed by atoms with E-state index in [1.165, 1.54) is 5.56 Å². The molecule has 0 radical (unpaired) electrons. The van der Waals surface area contributed by atoms with Crippen LogP contribution in [0.3, 0.4) is 0 Å². The Labute approximate surface area is 67.9 Å². The van der Waals surface area contributed by atoms with Crippen molar-refractivity contribution in [3.8, 4) is 0 Å². The second-order valence-electron chi connectivity index (χ2n) is 2.30. The van der Waals surface area contributed by atoms with Gasteiger partial charge in [0.15, 0.2) is 0 Å². The smallest absolute Gasteiger partial charge is 0.0257 e. The van der Waals surface area contributed by atoms with Crippen molar-refractivity contribution in [2.24, 2.45) is 0 Å². The van der Waals surface area contributed by atoms with E-state index in [1.807, 2.05) is 43.4 Å². The number of rotatable bonds is 2. The van der Waals surface area contributed by atoms with E-state index < -0.39 is 0 Å². The van der Waals surface area contributed by atoms with Crippen molar-refractivity contribution < 1.29 is 0 Å². The molecule has 1 rings (SSSR count). The average Bonchev–Trinajstić information content (AvgIpc) is 2.07. The van der Waals surface area contributed by atoms with Gasteiger partial charge in [-0.05, 0) is 12.5 Å². The quantitative estimate of drug-likeness (QED) is 0.559. The molecule has 0 fully saturated rings. The average molecular weight is 144 g/mol. The summed E-state index contributed by atoms with van der Waals surface area (Å²) in [4.78, 5) is 0. The molecule has 0 amide bonds. The lowest BCUT2D eigenvalue weighted by molar-refractivity contribution is 1.66. The molecule has 0 N–H and O–H groups in total. The Kier molecular flexibility index (Phi) is 3.20. The van der Waals surface area contributed by atoms with Crippen molar-refractivity contribution in [2.75, 3.05) is 0 Å². The Bertz CT molecular complexity index is 242. The van der Waals surface area contributed by atoms with Gasteiger partial charge in [-0.2, -0.15) is 0 Å². The van der Waals surface area contributed by atoms with Gasteiger partial charge in [0.05, 0.1) is 0 Å². The normalized spacial score (nSPS) is 11.4. The maximum absolute atomic E-state index is 2.08. The molecule has 0 heteroatoms. The van der Waals surface area contributed by atoms with Crippen molar-refractivity contribution in [1.29, 1.82) is 0 Å². The highest BCUT2D eigenvalue weighted by Crippen LogP contribution is 2.00. The Morgan fingerprint density at radius 2 is 1.73 bits per heavy atom. The van der Waals surface area contributed by atoms with Gasteiger partial charge in [-0.25, -0.2) is 0 Å². The fourth-order valence-corrected chi connectivity index (χ4v) is 0.842. The fraction of sp³-hybridized carbons (Fsp3) is 0.0909. The minimum absolute atomic E-state index is 1.24. The van der Waals surface area contributed by atoms with Crippen LogP contribution in [0, 0.1) is 0 Å². The van der Waals surface area contributed by atoms with Crippen LogP contribution < -0.4 is 0 Å². The maximum atomic E-state index is 2.08. The second kappa shape index (κ2) is 4.51. The van der Waals surface area contributed by atoms with Crippen LogP contribution in [-0.2, 0) is 0 Å². The highest BCUT2D eigenvalue weighted by atomic mass is 13.8. The summed E-state index contributed by atoms with van der Waals surface area (Å²) >= 11 is 0. The first-order valence-electron chi connectivity index (χ1n) is 3.78. The maximum Gasteiger partial charge on any atom is -0.0257 e. The van der Waals surface area contributed by atoms with Crippen molar-refractivity contribution in [1.82, 2.24) is 0 Å². The summed E-state index contributed by atoms with van der Waals surface area (Å²) in [6, 6.07) is 10.3. The lowest BCUT2D eigenvalue weighted by atomic mass is 10.2. The highest BCUT2D eigenvalue weighted by molar-refractivity contribution is 5.50. The molecule has 0 aromatic heterocycles. The zero-order chi connectivity index (χ0) is 7.94. The lowest BCUT2D eigenvalue weighted by Gasteiger charge is -1.87. The predicted octanol–water partition coefficient (Wildman–Crippen LogP) is 3.28. The number of allylic oxidation sites excluding steroid dienone is 3. The van der Waals surface area contributed by atoms with Gasteiger partial charge in [-0.3, -0.25) is 0 Å². The van der Waals surface area contributed by atoms with Gasteiger partial charge in [0.25, 0.3) is 0 Å². The molecule has 0 nitrogen and oxygen atoms in total. The lowest BCUT2D eigenvalue weighted by Crippen LogP contribution is -1.66. The summed E-state index contributed by atoms with van der Waals surface area (Å²) < 4.78 is 0. The van der Waals surface area contributed by atoms with Crippen molar-refractivity contribution in [3.05, 3.63) is 54.1 Å². The van der Waals surface area contributed by atoms with E-state index in [1.54, 1.807) is 0 Å². The Balaban J connectivity index is 2.64. The Hall–Kier alpha value is -1.30. The van der Waals surface area contributed by atoms with E-state index >= 15 is 0 Å². The zero-order valence-corrected chi connectivity index (χ0v) is 6.70. The second-order valence-corrected chi connectivity index (χ2v) is 2.30. The van der Waals surface area contributed by atoms with Crippen LogP contribution in [0.4, 0.5) is 0 Å². The molecule has 0 unspecified atom stereocenters. The first-order chi connectivity index (χ1) is 5.43. The largest absolute Gasteiger partial charge is 0.0877 e. The van der Waals surface area contributed by atoms with Gasteiger partial charge in [-0.15, -0.1) is 0 Å². The fourth-order valence-electron chi connectivity index (χ4n) is 0.842. The summed E-state index contributed by atoms with van der Waals surface area (Å²) in [5.41, 5.74) is 1.24. The molecule has 0 heterocycles. The molecule has 0 aliphatic carbocycles. The van der Waals surface area contributed by atoms with E-state index in [0.717, 1.165) is 0 Å². The summed E-state index contributed by atoms with van der Waals surface area (Å²) in [6.45, 7) is 2.01. The Morgan fingerprint density at radius 3 is 2.36 bits per heavy atom. The summed E-state index contributed by atoms with van der Waals surface area (Å²) in [5, 5.41) is 0. The summed E-state index contributed by atoms with van der Waals surface area (Å²) in [6.07, 6.45) is 8.15. The van der Waals surface area contributed by atoms with E-state index in [4.69, 9.17) is 0 Å². The van der Waals surface area contributed by atoms with Gasteiger partial charge in [0, 0.05) is 0 Å². The molecular formula is C11H12. The van der Waals surface area contributed by atoms with Crippen molar-refractivity contribution in [3.63, 3.8) is 0 Å². The first-order valence-corrected chi connectivity index (χ1v) is 3.78. The monoisotopic (exact) mass is 144 g/mol.